The van der Waals surface area contributed by atoms with Crippen LogP contribution in [0.3, 0.4) is 0 Å². The van der Waals surface area contributed by atoms with Crippen molar-refractivity contribution in [2.24, 2.45) is 0 Å². The fourth-order valence-electron chi connectivity index (χ4n) is 2.33. The molecule has 1 aromatic rings. The zero-order valence-electron chi connectivity index (χ0n) is 11.8. The molecule has 0 unspecified atom stereocenters. The molecule has 1 fully saturated rings. The van der Waals surface area contributed by atoms with Crippen molar-refractivity contribution < 1.29 is 13.2 Å². The van der Waals surface area contributed by atoms with E-state index in [0.717, 1.165) is 0 Å². The summed E-state index contributed by atoms with van der Waals surface area (Å²) in [5.74, 6) is -0.297. The van der Waals surface area contributed by atoms with Crippen LogP contribution in [-0.4, -0.2) is 37.3 Å². The van der Waals surface area contributed by atoms with Gasteiger partial charge in [-0.15, -0.1) is 0 Å². The largest absolute Gasteiger partial charge is 0.398 e. The standard InChI is InChI=1S/C13H19N3O3S/c1-9-10(14)5-4-6-11(9)20(18,19)16-8-7-15-12(17)13(16,2)3/h4-6H,7-8,14H2,1-3H3,(H,15,17). The van der Waals surface area contributed by atoms with Gasteiger partial charge in [0.1, 0.15) is 5.54 Å². The minimum Gasteiger partial charge on any atom is -0.398 e. The van der Waals surface area contributed by atoms with Gasteiger partial charge in [-0.3, -0.25) is 4.79 Å². The van der Waals surface area contributed by atoms with Crippen LogP contribution >= 0.6 is 0 Å². The highest BCUT2D eigenvalue weighted by Gasteiger charge is 2.45. The minimum atomic E-state index is -3.76. The topological polar surface area (TPSA) is 92.5 Å². The first-order chi connectivity index (χ1) is 9.19. The van der Waals surface area contributed by atoms with Crippen LogP contribution in [0.1, 0.15) is 19.4 Å². The number of nitrogens with zero attached hydrogens (tertiary/aromatic N) is 1. The lowest BCUT2D eigenvalue weighted by Crippen LogP contribution is -2.63. The van der Waals surface area contributed by atoms with Gasteiger partial charge >= 0.3 is 0 Å². The molecule has 6 nitrogen and oxygen atoms in total. The molecule has 110 valence electrons. The number of carbonyl (C=O) groups is 1. The monoisotopic (exact) mass is 297 g/mol. The van der Waals surface area contributed by atoms with Crippen molar-refractivity contribution in [2.75, 3.05) is 18.8 Å². The zero-order chi connectivity index (χ0) is 15.1. The van der Waals surface area contributed by atoms with Crippen LogP contribution in [0.15, 0.2) is 23.1 Å². The maximum absolute atomic E-state index is 12.8. The quantitative estimate of drug-likeness (QED) is 0.776. The molecule has 20 heavy (non-hydrogen) atoms. The van der Waals surface area contributed by atoms with Crippen LogP contribution in [0.4, 0.5) is 5.69 Å². The SMILES string of the molecule is Cc1c(N)cccc1S(=O)(=O)N1CCNC(=O)C1(C)C. The van der Waals surface area contributed by atoms with E-state index in [-0.39, 0.29) is 17.3 Å². The summed E-state index contributed by atoms with van der Waals surface area (Å²) < 4.78 is 26.9. The molecule has 0 spiro atoms. The van der Waals surface area contributed by atoms with E-state index in [9.17, 15) is 13.2 Å². The summed E-state index contributed by atoms with van der Waals surface area (Å²) in [5, 5.41) is 2.68. The number of hydrogen-bond donors (Lipinski definition) is 2. The molecule has 1 saturated heterocycles. The fraction of sp³-hybridized carbons (Fsp3) is 0.462. The van der Waals surface area contributed by atoms with Crippen molar-refractivity contribution in [3.8, 4) is 0 Å². The number of amides is 1. The number of anilines is 1. The smallest absolute Gasteiger partial charge is 0.244 e. The number of nitrogen functional groups attached to an aromatic ring is 1. The second-order valence-corrected chi connectivity index (χ2v) is 7.19. The highest BCUT2D eigenvalue weighted by atomic mass is 32.2. The summed E-state index contributed by atoms with van der Waals surface area (Å²) >= 11 is 0. The van der Waals surface area contributed by atoms with E-state index in [1.165, 1.54) is 10.4 Å². The summed E-state index contributed by atoms with van der Waals surface area (Å²) in [6.07, 6.45) is 0. The lowest BCUT2D eigenvalue weighted by molar-refractivity contribution is -0.131. The summed E-state index contributed by atoms with van der Waals surface area (Å²) in [4.78, 5) is 12.1. The Labute approximate surface area is 119 Å². The van der Waals surface area contributed by atoms with Gasteiger partial charge in [-0.25, -0.2) is 8.42 Å². The molecule has 0 saturated carbocycles. The van der Waals surface area contributed by atoms with Crippen LogP contribution in [-0.2, 0) is 14.8 Å². The number of nitrogens with one attached hydrogen (secondary N) is 1. The third-order valence-corrected chi connectivity index (χ3v) is 5.89. The van der Waals surface area contributed by atoms with Gasteiger partial charge in [0.2, 0.25) is 15.9 Å². The molecule has 0 aromatic heterocycles. The van der Waals surface area contributed by atoms with E-state index in [1.807, 2.05) is 0 Å². The van der Waals surface area contributed by atoms with E-state index in [4.69, 9.17) is 5.73 Å². The molecular weight excluding hydrogens is 278 g/mol. The minimum absolute atomic E-state index is 0.153. The molecule has 2 rings (SSSR count). The van der Waals surface area contributed by atoms with E-state index < -0.39 is 15.6 Å². The fourth-order valence-corrected chi connectivity index (χ4v) is 4.34. The van der Waals surface area contributed by atoms with Gasteiger partial charge in [0.25, 0.3) is 0 Å². The summed E-state index contributed by atoms with van der Waals surface area (Å²) in [6, 6.07) is 4.78. The van der Waals surface area contributed by atoms with Crippen molar-refractivity contribution >= 4 is 21.6 Å². The van der Waals surface area contributed by atoms with Gasteiger partial charge in [-0.05, 0) is 38.5 Å². The molecule has 0 bridgehead atoms. The van der Waals surface area contributed by atoms with Gasteiger partial charge in [-0.1, -0.05) is 6.07 Å². The van der Waals surface area contributed by atoms with Crippen molar-refractivity contribution in [3.63, 3.8) is 0 Å². The van der Waals surface area contributed by atoms with Crippen molar-refractivity contribution in [2.45, 2.75) is 31.2 Å². The van der Waals surface area contributed by atoms with Gasteiger partial charge in [0.05, 0.1) is 4.90 Å². The molecule has 1 aliphatic rings. The second-order valence-electron chi connectivity index (χ2n) is 5.36. The first kappa shape index (κ1) is 14.8. The molecule has 1 amide bonds. The Kier molecular flexibility index (Phi) is 3.51. The summed E-state index contributed by atoms with van der Waals surface area (Å²) in [6.45, 7) is 5.42. The van der Waals surface area contributed by atoms with Crippen LogP contribution in [0.2, 0.25) is 0 Å². The van der Waals surface area contributed by atoms with E-state index in [1.54, 1.807) is 32.9 Å². The predicted octanol–water partition coefficient (Wildman–Crippen LogP) is 0.476. The Balaban J connectivity index is 2.55. The van der Waals surface area contributed by atoms with Crippen molar-refractivity contribution in [1.29, 1.82) is 0 Å². The highest BCUT2D eigenvalue weighted by molar-refractivity contribution is 7.89. The summed E-state index contributed by atoms with van der Waals surface area (Å²) in [7, 11) is -3.76. The lowest BCUT2D eigenvalue weighted by Gasteiger charge is -2.40. The number of hydrogen-bond acceptors (Lipinski definition) is 4. The van der Waals surface area contributed by atoms with Gasteiger partial charge in [0.15, 0.2) is 0 Å². The second kappa shape index (κ2) is 4.75. The molecule has 7 heteroatoms. The number of rotatable bonds is 2. The van der Waals surface area contributed by atoms with Gasteiger partial charge in [0, 0.05) is 18.8 Å². The number of sulfonamides is 1. The molecular formula is C13H19N3O3S. The molecule has 1 heterocycles. The molecule has 0 aliphatic carbocycles. The van der Waals surface area contributed by atoms with E-state index in [2.05, 4.69) is 5.32 Å². The lowest BCUT2D eigenvalue weighted by atomic mass is 10.0. The Bertz CT molecular complexity index is 653. The normalized spacial score (nSPS) is 19.6. The third kappa shape index (κ3) is 2.16. The van der Waals surface area contributed by atoms with Gasteiger partial charge in [-0.2, -0.15) is 4.31 Å². The number of nitrogens with two attached hydrogens (primary N) is 1. The van der Waals surface area contributed by atoms with Gasteiger partial charge < -0.3 is 11.1 Å². The molecule has 0 radical (unpaired) electrons. The maximum atomic E-state index is 12.8. The van der Waals surface area contributed by atoms with E-state index in [0.29, 0.717) is 17.8 Å². The number of benzene rings is 1. The van der Waals surface area contributed by atoms with Crippen LogP contribution in [0.5, 0.6) is 0 Å². The molecule has 1 aliphatic heterocycles. The maximum Gasteiger partial charge on any atom is 0.244 e. The van der Waals surface area contributed by atoms with E-state index >= 15 is 0 Å². The van der Waals surface area contributed by atoms with Crippen LogP contribution < -0.4 is 11.1 Å². The predicted molar refractivity (Wildman–Crippen MR) is 76.6 cm³/mol. The highest BCUT2D eigenvalue weighted by Crippen LogP contribution is 2.29. The average molecular weight is 297 g/mol. The zero-order valence-corrected chi connectivity index (χ0v) is 12.6. The van der Waals surface area contributed by atoms with Crippen LogP contribution in [0.25, 0.3) is 0 Å². The third-order valence-electron chi connectivity index (χ3n) is 3.67. The molecule has 3 N–H and O–H groups in total. The van der Waals surface area contributed by atoms with Crippen LogP contribution in [0, 0.1) is 6.92 Å². The number of carbonyl (C=O) groups excluding carboxylic acids is 1. The average Bonchev–Trinajstić information content (AvgIpc) is 2.35. The Morgan fingerprint density at radius 3 is 2.65 bits per heavy atom. The molecule has 0 atom stereocenters. The Hall–Kier alpha value is -1.60. The first-order valence-corrected chi connectivity index (χ1v) is 7.79. The van der Waals surface area contributed by atoms with Crippen molar-refractivity contribution in [3.05, 3.63) is 23.8 Å². The Morgan fingerprint density at radius 2 is 2.00 bits per heavy atom. The molecule has 1 aromatic carbocycles. The van der Waals surface area contributed by atoms with Crippen molar-refractivity contribution in [1.82, 2.24) is 9.62 Å². The Morgan fingerprint density at radius 1 is 1.35 bits per heavy atom. The summed E-state index contributed by atoms with van der Waals surface area (Å²) in [5.41, 5.74) is 5.59. The number of piperazine rings is 1. The first-order valence-electron chi connectivity index (χ1n) is 6.35.